The van der Waals surface area contributed by atoms with E-state index in [1.54, 1.807) is 4.90 Å². The van der Waals surface area contributed by atoms with Crippen LogP contribution < -0.4 is 4.74 Å². The van der Waals surface area contributed by atoms with Gasteiger partial charge in [-0.15, -0.1) is 0 Å². The molecule has 1 aromatic carbocycles. The van der Waals surface area contributed by atoms with Crippen LogP contribution in [0.25, 0.3) is 0 Å². The van der Waals surface area contributed by atoms with Gasteiger partial charge in [-0.25, -0.2) is 0 Å². The molecule has 0 spiro atoms. The molecule has 1 aromatic rings. The summed E-state index contributed by atoms with van der Waals surface area (Å²) in [6.07, 6.45) is 3.42. The third kappa shape index (κ3) is 5.67. The number of hydrogen-bond acceptors (Lipinski definition) is 4. The van der Waals surface area contributed by atoms with Gasteiger partial charge in [-0.2, -0.15) is 0 Å². The molecule has 0 atom stereocenters. The number of likely N-dealkylation sites (tertiary alicyclic amines) is 1. The Balaban J connectivity index is 1.66. The fourth-order valence-corrected chi connectivity index (χ4v) is 2.66. The quantitative estimate of drug-likeness (QED) is 0.571. The van der Waals surface area contributed by atoms with E-state index in [0.29, 0.717) is 18.7 Å². The van der Waals surface area contributed by atoms with Crippen LogP contribution in [0, 0.1) is 0 Å². The first-order chi connectivity index (χ1) is 10.6. The van der Waals surface area contributed by atoms with Crippen LogP contribution in [0.4, 0.5) is 0 Å². The van der Waals surface area contributed by atoms with Crippen molar-refractivity contribution in [3.63, 3.8) is 0 Å². The fourth-order valence-electron chi connectivity index (χ4n) is 2.28. The molecule has 0 aromatic heterocycles. The molecule has 1 aliphatic heterocycles. The molecule has 1 saturated heterocycles. The van der Waals surface area contributed by atoms with Crippen LogP contribution in [0.5, 0.6) is 5.75 Å². The molecule has 0 unspecified atom stereocenters. The summed E-state index contributed by atoms with van der Waals surface area (Å²) in [5, 5.41) is 0. The summed E-state index contributed by atoms with van der Waals surface area (Å²) in [4.78, 5) is 25.1. The Morgan fingerprint density at radius 1 is 1.23 bits per heavy atom. The molecule has 0 radical (unpaired) electrons. The van der Waals surface area contributed by atoms with Gasteiger partial charge >= 0.3 is 5.97 Å². The summed E-state index contributed by atoms with van der Waals surface area (Å²) in [6.45, 7) is 1.14. The van der Waals surface area contributed by atoms with Crippen LogP contribution in [-0.4, -0.2) is 43.1 Å². The Labute approximate surface area is 138 Å². The molecule has 2 rings (SSSR count). The number of benzene rings is 1. The van der Waals surface area contributed by atoms with Crippen molar-refractivity contribution in [2.75, 3.05) is 26.3 Å². The third-order valence-corrected chi connectivity index (χ3v) is 3.90. The molecule has 0 saturated carbocycles. The molecule has 0 aliphatic carbocycles. The Hall–Kier alpha value is -1.56. The van der Waals surface area contributed by atoms with Crippen molar-refractivity contribution >= 4 is 27.8 Å². The molecule has 0 N–H and O–H groups in total. The van der Waals surface area contributed by atoms with Gasteiger partial charge in [0.25, 0.3) is 0 Å². The first kappa shape index (κ1) is 16.8. The molecule has 22 heavy (non-hydrogen) atoms. The highest BCUT2D eigenvalue weighted by atomic mass is 79.9. The molecule has 1 heterocycles. The maximum Gasteiger partial charge on any atom is 0.325 e. The number of amides is 1. The number of halogens is 1. The average Bonchev–Trinajstić information content (AvgIpc) is 2.69. The summed E-state index contributed by atoms with van der Waals surface area (Å²) in [6, 6.07) is 7.46. The molecule has 0 bridgehead atoms. The van der Waals surface area contributed by atoms with Crippen LogP contribution in [0.3, 0.4) is 0 Å². The Bertz CT molecular complexity index is 521. The van der Waals surface area contributed by atoms with E-state index in [1.807, 2.05) is 24.3 Å². The number of carbonyl (C=O) groups is 2. The predicted molar refractivity (Wildman–Crippen MR) is 85.6 cm³/mol. The van der Waals surface area contributed by atoms with Gasteiger partial charge in [-0.3, -0.25) is 9.59 Å². The Kier molecular flexibility index (Phi) is 6.71. The maximum atomic E-state index is 11.8. The molecule has 1 fully saturated rings. The molecule has 1 amide bonds. The minimum Gasteiger partial charge on any atom is -0.490 e. The van der Waals surface area contributed by atoms with E-state index in [4.69, 9.17) is 9.47 Å². The van der Waals surface area contributed by atoms with Gasteiger partial charge < -0.3 is 14.4 Å². The lowest BCUT2D eigenvalue weighted by molar-refractivity contribution is -0.149. The Morgan fingerprint density at radius 3 is 2.91 bits per heavy atom. The van der Waals surface area contributed by atoms with E-state index in [1.165, 1.54) is 0 Å². The Morgan fingerprint density at radius 2 is 2.09 bits per heavy atom. The summed E-state index contributed by atoms with van der Waals surface area (Å²) < 4.78 is 11.5. The number of nitrogens with zero attached hydrogens (tertiary/aromatic N) is 1. The average molecular weight is 370 g/mol. The van der Waals surface area contributed by atoms with E-state index in [0.717, 1.165) is 23.7 Å². The molecule has 120 valence electrons. The summed E-state index contributed by atoms with van der Waals surface area (Å²) >= 11 is 3.36. The molecular formula is C16H20BrNO4. The molecular weight excluding hydrogens is 350 g/mol. The number of ether oxygens (including phenoxy) is 2. The minimum absolute atomic E-state index is 0.0374. The van der Waals surface area contributed by atoms with Gasteiger partial charge in [-0.1, -0.05) is 28.4 Å². The minimum atomic E-state index is -0.381. The zero-order chi connectivity index (χ0) is 15.8. The maximum absolute atomic E-state index is 11.8. The highest BCUT2D eigenvalue weighted by molar-refractivity contribution is 9.10. The van der Waals surface area contributed by atoms with Crippen LogP contribution >= 0.6 is 15.9 Å². The van der Waals surface area contributed by atoms with E-state index in [-0.39, 0.29) is 31.6 Å². The van der Waals surface area contributed by atoms with Gasteiger partial charge in [0.05, 0.1) is 0 Å². The number of carbonyl (C=O) groups excluding carboxylic acids is 2. The van der Waals surface area contributed by atoms with Gasteiger partial charge in [0.2, 0.25) is 5.91 Å². The van der Waals surface area contributed by atoms with Crippen LogP contribution in [0.1, 0.15) is 25.7 Å². The topological polar surface area (TPSA) is 55.8 Å². The van der Waals surface area contributed by atoms with Crippen molar-refractivity contribution < 1.29 is 19.1 Å². The van der Waals surface area contributed by atoms with Crippen LogP contribution in [-0.2, 0) is 14.3 Å². The monoisotopic (exact) mass is 369 g/mol. The zero-order valence-electron chi connectivity index (χ0n) is 12.4. The fraction of sp³-hybridized carbons (Fsp3) is 0.500. The van der Waals surface area contributed by atoms with Crippen molar-refractivity contribution in [1.82, 2.24) is 4.90 Å². The second-order valence-corrected chi connectivity index (χ2v) is 6.07. The predicted octanol–water partition coefficient (Wildman–Crippen LogP) is 2.77. The number of rotatable bonds is 6. The lowest BCUT2D eigenvalue weighted by Gasteiger charge is -2.19. The van der Waals surface area contributed by atoms with Crippen molar-refractivity contribution in [3.8, 4) is 5.75 Å². The highest BCUT2D eigenvalue weighted by Crippen LogP contribution is 2.17. The van der Waals surface area contributed by atoms with Crippen molar-refractivity contribution in [1.29, 1.82) is 0 Å². The van der Waals surface area contributed by atoms with Crippen molar-refractivity contribution in [2.45, 2.75) is 25.7 Å². The molecule has 1 aliphatic rings. The van der Waals surface area contributed by atoms with Gasteiger partial charge in [0.1, 0.15) is 25.5 Å². The second-order valence-electron chi connectivity index (χ2n) is 5.15. The second kappa shape index (κ2) is 8.78. The van der Waals surface area contributed by atoms with E-state index >= 15 is 0 Å². The van der Waals surface area contributed by atoms with E-state index < -0.39 is 0 Å². The first-order valence-electron chi connectivity index (χ1n) is 7.47. The lowest BCUT2D eigenvalue weighted by Crippen LogP contribution is -2.36. The van der Waals surface area contributed by atoms with E-state index in [9.17, 15) is 9.59 Å². The zero-order valence-corrected chi connectivity index (χ0v) is 14.0. The van der Waals surface area contributed by atoms with Crippen molar-refractivity contribution in [2.24, 2.45) is 0 Å². The molecule has 5 nitrogen and oxygen atoms in total. The SMILES string of the molecule is O=C(CN1CCCCCC1=O)OCCOc1cccc(Br)c1. The first-order valence-corrected chi connectivity index (χ1v) is 8.26. The normalized spacial score (nSPS) is 15.3. The van der Waals surface area contributed by atoms with Gasteiger partial charge in [-0.05, 0) is 31.0 Å². The third-order valence-electron chi connectivity index (χ3n) is 3.40. The molecule has 6 heteroatoms. The largest absolute Gasteiger partial charge is 0.490 e. The van der Waals surface area contributed by atoms with E-state index in [2.05, 4.69) is 15.9 Å². The van der Waals surface area contributed by atoms with Gasteiger partial charge in [0.15, 0.2) is 0 Å². The number of esters is 1. The van der Waals surface area contributed by atoms with Crippen molar-refractivity contribution in [3.05, 3.63) is 28.7 Å². The van der Waals surface area contributed by atoms with Crippen LogP contribution in [0.15, 0.2) is 28.7 Å². The standard InChI is InChI=1S/C16H20BrNO4/c17-13-5-4-6-14(11-13)21-9-10-22-16(20)12-18-8-3-1-2-7-15(18)19/h4-6,11H,1-3,7-10,12H2. The number of hydrogen-bond donors (Lipinski definition) is 0. The summed E-state index contributed by atoms with van der Waals surface area (Å²) in [5.41, 5.74) is 0. The smallest absolute Gasteiger partial charge is 0.325 e. The van der Waals surface area contributed by atoms with Crippen LogP contribution in [0.2, 0.25) is 0 Å². The van der Waals surface area contributed by atoms with Gasteiger partial charge in [0, 0.05) is 17.4 Å². The highest BCUT2D eigenvalue weighted by Gasteiger charge is 2.19. The summed E-state index contributed by atoms with van der Waals surface area (Å²) in [7, 11) is 0. The summed E-state index contributed by atoms with van der Waals surface area (Å²) in [5.74, 6) is 0.376. The lowest BCUT2D eigenvalue weighted by atomic mass is 10.2.